The predicted molar refractivity (Wildman–Crippen MR) is 58.2 cm³/mol. The van der Waals surface area contributed by atoms with Crippen molar-refractivity contribution in [2.45, 2.75) is 13.8 Å². The van der Waals surface area contributed by atoms with Crippen LogP contribution in [0.5, 0.6) is 0 Å². The highest BCUT2D eigenvalue weighted by atomic mass is 33.1. The zero-order valence-corrected chi connectivity index (χ0v) is 9.91. The van der Waals surface area contributed by atoms with Crippen molar-refractivity contribution < 1.29 is 19.1 Å². The lowest BCUT2D eigenvalue weighted by Crippen LogP contribution is -2.03. The Kier molecular flexibility index (Phi) is 8.97. The van der Waals surface area contributed by atoms with Crippen LogP contribution in [0, 0.1) is 0 Å². The largest absolute Gasteiger partial charge is 0.465 e. The molecule has 0 fully saturated rings. The summed E-state index contributed by atoms with van der Waals surface area (Å²) in [7, 11) is 3.19. The highest BCUT2D eigenvalue weighted by molar-refractivity contribution is 8.76. The Labute approximate surface area is 91.5 Å². The quantitative estimate of drug-likeness (QED) is 0.380. The van der Waals surface area contributed by atoms with Gasteiger partial charge in [0.05, 0.1) is 0 Å². The lowest BCUT2D eigenvalue weighted by Gasteiger charge is -2.02. The molecule has 0 aliphatic heterocycles. The van der Waals surface area contributed by atoms with E-state index in [1.165, 1.54) is 13.8 Å². The average molecular weight is 238 g/mol. The smallest absolute Gasteiger partial charge is 0.302 e. The molecule has 0 aromatic heterocycles. The third-order valence-electron chi connectivity index (χ3n) is 1.03. The Balaban J connectivity index is 2.99. The minimum absolute atomic E-state index is 0.254. The number of hydrogen-bond acceptors (Lipinski definition) is 6. The third kappa shape index (κ3) is 11.6. The third-order valence-corrected chi connectivity index (χ3v) is 3.36. The molecule has 6 heteroatoms. The summed E-state index contributed by atoms with van der Waals surface area (Å²) in [5, 5.41) is 0. The van der Waals surface area contributed by atoms with Crippen LogP contribution in [0.25, 0.3) is 0 Å². The highest BCUT2D eigenvalue weighted by Crippen LogP contribution is 2.20. The molecule has 0 heterocycles. The van der Waals surface area contributed by atoms with E-state index in [1.807, 2.05) is 0 Å². The van der Waals surface area contributed by atoms with Crippen LogP contribution in [0.2, 0.25) is 0 Å². The number of rotatable bonds is 7. The van der Waals surface area contributed by atoms with Gasteiger partial charge in [-0.3, -0.25) is 9.59 Å². The molecule has 14 heavy (non-hydrogen) atoms. The molecule has 0 rings (SSSR count). The summed E-state index contributed by atoms with van der Waals surface area (Å²) < 4.78 is 9.46. The number of hydrogen-bond donors (Lipinski definition) is 0. The predicted octanol–water partition coefficient (Wildman–Crippen LogP) is 1.49. The second-order valence-electron chi connectivity index (χ2n) is 2.32. The van der Waals surface area contributed by atoms with E-state index >= 15 is 0 Å². The normalized spacial score (nSPS) is 9.57. The summed E-state index contributed by atoms with van der Waals surface area (Å²) in [6.07, 6.45) is 0. The Bertz CT molecular complexity index is 164. The minimum Gasteiger partial charge on any atom is -0.465 e. The Hall–Kier alpha value is -0.360. The second-order valence-corrected chi connectivity index (χ2v) is 5.03. The molecule has 0 radical (unpaired) electrons. The molecule has 4 nitrogen and oxygen atoms in total. The molecule has 0 amide bonds. The lowest BCUT2D eigenvalue weighted by atomic mass is 10.8. The molecule has 0 bridgehead atoms. The van der Waals surface area contributed by atoms with Crippen molar-refractivity contribution in [2.24, 2.45) is 0 Å². The Morgan fingerprint density at radius 1 is 0.929 bits per heavy atom. The summed E-state index contributed by atoms with van der Waals surface area (Å²) in [6.45, 7) is 3.64. The summed E-state index contributed by atoms with van der Waals surface area (Å²) in [5.74, 6) is 1.00. The van der Waals surface area contributed by atoms with Crippen molar-refractivity contribution in [2.75, 3.05) is 24.7 Å². The van der Waals surface area contributed by atoms with Crippen LogP contribution in [0.1, 0.15) is 13.8 Å². The van der Waals surface area contributed by atoms with E-state index in [9.17, 15) is 9.59 Å². The van der Waals surface area contributed by atoms with Crippen LogP contribution in [-0.2, 0) is 19.1 Å². The van der Waals surface area contributed by atoms with Gasteiger partial charge < -0.3 is 9.47 Å². The molecule has 0 aliphatic carbocycles. The van der Waals surface area contributed by atoms with Gasteiger partial charge in [-0.25, -0.2) is 0 Å². The fourth-order valence-electron chi connectivity index (χ4n) is 0.557. The van der Waals surface area contributed by atoms with Gasteiger partial charge in [-0.1, -0.05) is 21.6 Å². The molecule has 0 aromatic carbocycles. The van der Waals surface area contributed by atoms with Gasteiger partial charge in [0.25, 0.3) is 0 Å². The standard InChI is InChI=1S/C8H14O4S2/c1-7(9)11-3-5-13-14-6-4-12-8(2)10/h3-6H2,1-2H3. The van der Waals surface area contributed by atoms with Crippen LogP contribution in [0.4, 0.5) is 0 Å². The first-order valence-electron chi connectivity index (χ1n) is 4.14. The summed E-state index contributed by atoms with van der Waals surface area (Å²) in [5.41, 5.74) is 0. The van der Waals surface area contributed by atoms with E-state index in [-0.39, 0.29) is 11.9 Å². The van der Waals surface area contributed by atoms with Gasteiger partial charge in [-0.15, -0.1) is 0 Å². The summed E-state index contributed by atoms with van der Waals surface area (Å²) >= 11 is 0. The molecule has 0 unspecified atom stereocenters. The molecule has 0 N–H and O–H groups in total. The maximum Gasteiger partial charge on any atom is 0.302 e. The maximum atomic E-state index is 10.4. The van der Waals surface area contributed by atoms with Crippen molar-refractivity contribution in [3.8, 4) is 0 Å². The van der Waals surface area contributed by atoms with Crippen LogP contribution in [0.15, 0.2) is 0 Å². The molecular weight excluding hydrogens is 224 g/mol. The first kappa shape index (κ1) is 13.6. The van der Waals surface area contributed by atoms with E-state index < -0.39 is 0 Å². The SMILES string of the molecule is CC(=O)OCCSSCCOC(C)=O. The van der Waals surface area contributed by atoms with E-state index in [1.54, 1.807) is 21.6 Å². The fraction of sp³-hybridized carbons (Fsp3) is 0.750. The lowest BCUT2D eigenvalue weighted by molar-refractivity contribution is -0.141. The Morgan fingerprint density at radius 2 is 1.29 bits per heavy atom. The summed E-state index contributed by atoms with van der Waals surface area (Å²) in [6, 6.07) is 0. The number of esters is 2. The van der Waals surface area contributed by atoms with Gasteiger partial charge >= 0.3 is 11.9 Å². The van der Waals surface area contributed by atoms with Crippen LogP contribution in [-0.4, -0.2) is 36.7 Å². The van der Waals surface area contributed by atoms with Crippen molar-refractivity contribution in [3.05, 3.63) is 0 Å². The van der Waals surface area contributed by atoms with Crippen LogP contribution < -0.4 is 0 Å². The van der Waals surface area contributed by atoms with Gasteiger partial charge in [0.15, 0.2) is 0 Å². The Morgan fingerprint density at radius 3 is 1.57 bits per heavy atom. The van der Waals surface area contributed by atoms with Crippen molar-refractivity contribution in [1.29, 1.82) is 0 Å². The topological polar surface area (TPSA) is 52.6 Å². The zero-order chi connectivity index (χ0) is 10.8. The van der Waals surface area contributed by atoms with Crippen LogP contribution >= 0.6 is 21.6 Å². The highest BCUT2D eigenvalue weighted by Gasteiger charge is 1.95. The number of ether oxygens (including phenoxy) is 2. The molecule has 82 valence electrons. The molecule has 0 saturated carbocycles. The molecule has 0 aromatic rings. The van der Waals surface area contributed by atoms with Crippen molar-refractivity contribution >= 4 is 33.5 Å². The summed E-state index contributed by atoms with van der Waals surface area (Å²) in [4.78, 5) is 20.7. The van der Waals surface area contributed by atoms with Crippen molar-refractivity contribution in [1.82, 2.24) is 0 Å². The molecule has 0 saturated heterocycles. The van der Waals surface area contributed by atoms with E-state index in [0.29, 0.717) is 13.2 Å². The average Bonchev–Trinajstić information content (AvgIpc) is 2.08. The number of carbonyl (C=O) groups excluding carboxylic acids is 2. The van der Waals surface area contributed by atoms with Crippen LogP contribution in [0.3, 0.4) is 0 Å². The molecular formula is C8H14O4S2. The molecule has 0 spiro atoms. The number of carbonyl (C=O) groups is 2. The maximum absolute atomic E-state index is 10.4. The monoisotopic (exact) mass is 238 g/mol. The molecule has 0 atom stereocenters. The zero-order valence-electron chi connectivity index (χ0n) is 8.28. The van der Waals surface area contributed by atoms with E-state index in [0.717, 1.165) is 11.5 Å². The molecule has 0 aliphatic rings. The van der Waals surface area contributed by atoms with E-state index in [2.05, 4.69) is 0 Å². The van der Waals surface area contributed by atoms with Crippen molar-refractivity contribution in [3.63, 3.8) is 0 Å². The van der Waals surface area contributed by atoms with Gasteiger partial charge in [0, 0.05) is 25.4 Å². The minimum atomic E-state index is -0.254. The van der Waals surface area contributed by atoms with Gasteiger partial charge in [-0.2, -0.15) is 0 Å². The van der Waals surface area contributed by atoms with Gasteiger partial charge in [-0.05, 0) is 0 Å². The fourth-order valence-corrected chi connectivity index (χ4v) is 2.21. The first-order chi connectivity index (χ1) is 6.63. The van der Waals surface area contributed by atoms with E-state index in [4.69, 9.17) is 9.47 Å². The first-order valence-corrected chi connectivity index (χ1v) is 6.63. The second kappa shape index (κ2) is 9.21. The van der Waals surface area contributed by atoms with Gasteiger partial charge in [0.2, 0.25) is 0 Å². The van der Waals surface area contributed by atoms with Gasteiger partial charge in [0.1, 0.15) is 13.2 Å².